The number of aryl methyl sites for hydroxylation is 1. The molecule has 0 radical (unpaired) electrons. The molecule has 3 aromatic rings. The maximum absolute atomic E-state index is 13.1. The van der Waals surface area contributed by atoms with Gasteiger partial charge in [0.25, 0.3) is 11.5 Å². The summed E-state index contributed by atoms with van der Waals surface area (Å²) < 4.78 is 13.5. The molecule has 0 saturated heterocycles. The van der Waals surface area contributed by atoms with E-state index < -0.39 is 5.91 Å². The van der Waals surface area contributed by atoms with Crippen molar-refractivity contribution >= 4 is 66.5 Å². The van der Waals surface area contributed by atoms with E-state index in [0.717, 1.165) is 4.47 Å². The van der Waals surface area contributed by atoms with E-state index in [4.69, 9.17) is 26.8 Å². The standard InChI is InChI=1S/C21H19Br2ClN4O4/c1-3-17-27-14-6-5-12(22)8-13(14)21(30)28(17)26-9-11-7-15(31-4-2)20(19(24)18(11)23)32-10-16(25)29/h5-9H,3-4,10H2,1-2H3,(H2,25,29). The minimum atomic E-state index is -0.646. The van der Waals surface area contributed by atoms with E-state index in [9.17, 15) is 9.59 Å². The van der Waals surface area contributed by atoms with Crippen LogP contribution in [-0.2, 0) is 11.2 Å². The molecule has 2 aromatic carbocycles. The van der Waals surface area contributed by atoms with Crippen molar-refractivity contribution < 1.29 is 14.3 Å². The van der Waals surface area contributed by atoms with Crippen LogP contribution in [0.15, 0.2) is 43.1 Å². The fourth-order valence-corrected chi connectivity index (χ4v) is 3.92. The smallest absolute Gasteiger partial charge is 0.282 e. The number of nitrogens with zero attached hydrogens (tertiary/aromatic N) is 3. The lowest BCUT2D eigenvalue weighted by Crippen LogP contribution is -2.22. The molecule has 0 aliphatic rings. The first kappa shape index (κ1) is 24.2. The molecule has 0 bridgehead atoms. The highest BCUT2D eigenvalue weighted by molar-refractivity contribution is 9.10. The lowest BCUT2D eigenvalue weighted by molar-refractivity contribution is -0.119. The van der Waals surface area contributed by atoms with Crippen LogP contribution in [0.5, 0.6) is 11.5 Å². The zero-order chi connectivity index (χ0) is 23.4. The van der Waals surface area contributed by atoms with Crippen LogP contribution in [0.2, 0.25) is 5.02 Å². The Balaban J connectivity index is 2.11. The number of hydrogen-bond donors (Lipinski definition) is 1. The molecule has 2 N–H and O–H groups in total. The number of benzene rings is 2. The molecule has 32 heavy (non-hydrogen) atoms. The largest absolute Gasteiger partial charge is 0.490 e. The number of amides is 1. The van der Waals surface area contributed by atoms with Crippen LogP contribution < -0.4 is 20.8 Å². The molecule has 1 aromatic heterocycles. The van der Waals surface area contributed by atoms with Gasteiger partial charge in [-0.1, -0.05) is 34.5 Å². The Labute approximate surface area is 205 Å². The van der Waals surface area contributed by atoms with Crippen molar-refractivity contribution in [1.29, 1.82) is 0 Å². The number of aromatic nitrogens is 2. The molecule has 0 aliphatic heterocycles. The van der Waals surface area contributed by atoms with Crippen molar-refractivity contribution in [1.82, 2.24) is 9.66 Å². The van der Waals surface area contributed by atoms with Crippen LogP contribution in [0.3, 0.4) is 0 Å². The first-order chi connectivity index (χ1) is 15.3. The lowest BCUT2D eigenvalue weighted by Gasteiger charge is -2.15. The second-order valence-electron chi connectivity index (χ2n) is 6.51. The minimum absolute atomic E-state index is 0.181. The SMILES string of the molecule is CCOc1cc(C=Nn2c(CC)nc3ccc(Br)cc3c2=O)c(Br)c(Cl)c1OCC(N)=O. The summed E-state index contributed by atoms with van der Waals surface area (Å²) in [5.74, 6) is 0.355. The van der Waals surface area contributed by atoms with Crippen molar-refractivity contribution in [3.05, 3.63) is 60.0 Å². The van der Waals surface area contributed by atoms with Crippen molar-refractivity contribution in [3.8, 4) is 11.5 Å². The highest BCUT2D eigenvalue weighted by Crippen LogP contribution is 2.42. The van der Waals surface area contributed by atoms with Crippen LogP contribution in [0.1, 0.15) is 25.2 Å². The van der Waals surface area contributed by atoms with Crippen LogP contribution in [0.25, 0.3) is 10.9 Å². The van der Waals surface area contributed by atoms with Gasteiger partial charge in [-0.25, -0.2) is 4.98 Å². The van der Waals surface area contributed by atoms with Gasteiger partial charge in [0.05, 0.1) is 23.7 Å². The quantitative estimate of drug-likeness (QED) is 0.397. The molecule has 0 aliphatic carbocycles. The fourth-order valence-electron chi connectivity index (χ4n) is 2.90. The average Bonchev–Trinajstić information content (AvgIpc) is 2.76. The monoisotopic (exact) mass is 584 g/mol. The van der Waals surface area contributed by atoms with Gasteiger partial charge in [0, 0.05) is 20.9 Å². The van der Waals surface area contributed by atoms with Gasteiger partial charge in [-0.3, -0.25) is 9.59 Å². The van der Waals surface area contributed by atoms with Crippen molar-refractivity contribution in [2.75, 3.05) is 13.2 Å². The number of rotatable bonds is 8. The first-order valence-electron chi connectivity index (χ1n) is 9.58. The normalized spacial score (nSPS) is 11.3. The fraction of sp³-hybridized carbons (Fsp3) is 0.238. The number of carbonyl (C=O) groups excluding carboxylic acids is 1. The predicted molar refractivity (Wildman–Crippen MR) is 131 cm³/mol. The van der Waals surface area contributed by atoms with Crippen LogP contribution >= 0.6 is 43.5 Å². The molecule has 0 fully saturated rings. The summed E-state index contributed by atoms with van der Waals surface area (Å²) >= 11 is 13.2. The summed E-state index contributed by atoms with van der Waals surface area (Å²) in [7, 11) is 0. The second kappa shape index (κ2) is 10.5. The van der Waals surface area contributed by atoms with Gasteiger partial charge in [-0.2, -0.15) is 9.78 Å². The van der Waals surface area contributed by atoms with Crippen molar-refractivity contribution in [3.63, 3.8) is 0 Å². The molecule has 3 rings (SSSR count). The van der Waals surface area contributed by atoms with Gasteiger partial charge < -0.3 is 15.2 Å². The third kappa shape index (κ3) is 5.13. The lowest BCUT2D eigenvalue weighted by atomic mass is 10.2. The topological polar surface area (TPSA) is 109 Å². The zero-order valence-electron chi connectivity index (χ0n) is 17.2. The molecule has 8 nitrogen and oxygen atoms in total. The Morgan fingerprint density at radius 1 is 1.28 bits per heavy atom. The summed E-state index contributed by atoms with van der Waals surface area (Å²) in [6, 6.07) is 6.96. The van der Waals surface area contributed by atoms with Gasteiger partial charge >= 0.3 is 0 Å². The highest BCUT2D eigenvalue weighted by Gasteiger charge is 2.18. The molecule has 11 heteroatoms. The molecule has 0 atom stereocenters. The molecule has 0 unspecified atom stereocenters. The number of primary amides is 1. The van der Waals surface area contributed by atoms with Crippen LogP contribution in [0.4, 0.5) is 0 Å². The minimum Gasteiger partial charge on any atom is -0.490 e. The van der Waals surface area contributed by atoms with Gasteiger partial charge in [0.2, 0.25) is 0 Å². The van der Waals surface area contributed by atoms with E-state index in [-0.39, 0.29) is 22.9 Å². The van der Waals surface area contributed by atoms with E-state index >= 15 is 0 Å². The number of ether oxygens (including phenoxy) is 2. The van der Waals surface area contributed by atoms with Gasteiger partial charge in [-0.05, 0) is 47.1 Å². The summed E-state index contributed by atoms with van der Waals surface area (Å²) in [5, 5.41) is 5.00. The molecule has 0 spiro atoms. The Hall–Kier alpha value is -2.43. The number of hydrogen-bond acceptors (Lipinski definition) is 6. The van der Waals surface area contributed by atoms with Crippen molar-refractivity contribution in [2.45, 2.75) is 20.3 Å². The number of fused-ring (bicyclic) bond motifs is 1. The molecule has 0 saturated carbocycles. The Morgan fingerprint density at radius 2 is 2.03 bits per heavy atom. The van der Waals surface area contributed by atoms with Gasteiger partial charge in [0.1, 0.15) is 10.8 Å². The Kier molecular flexibility index (Phi) is 7.91. The summed E-state index contributed by atoms with van der Waals surface area (Å²) in [5.41, 5.74) is 6.00. The molecular formula is C21H19Br2ClN4O4. The third-order valence-electron chi connectivity index (χ3n) is 4.32. The first-order valence-corrected chi connectivity index (χ1v) is 11.5. The number of halogens is 3. The van der Waals surface area contributed by atoms with Crippen LogP contribution in [-0.4, -0.2) is 35.0 Å². The van der Waals surface area contributed by atoms with Gasteiger partial charge in [-0.15, -0.1) is 0 Å². The zero-order valence-corrected chi connectivity index (χ0v) is 21.1. The van der Waals surface area contributed by atoms with Gasteiger partial charge in [0.15, 0.2) is 18.1 Å². The highest BCUT2D eigenvalue weighted by atomic mass is 79.9. The number of carbonyl (C=O) groups is 1. The maximum atomic E-state index is 13.1. The third-order valence-corrected chi connectivity index (χ3v) is 6.25. The van der Waals surface area contributed by atoms with E-state index in [2.05, 4.69) is 41.9 Å². The Morgan fingerprint density at radius 3 is 2.69 bits per heavy atom. The van der Waals surface area contributed by atoms with E-state index in [1.54, 1.807) is 25.1 Å². The number of nitrogens with two attached hydrogens (primary N) is 1. The molecule has 1 amide bonds. The summed E-state index contributed by atoms with van der Waals surface area (Å²) in [6.45, 7) is 3.68. The summed E-state index contributed by atoms with van der Waals surface area (Å²) in [4.78, 5) is 28.7. The summed E-state index contributed by atoms with van der Waals surface area (Å²) in [6.07, 6.45) is 1.98. The van der Waals surface area contributed by atoms with Crippen molar-refractivity contribution in [2.24, 2.45) is 10.8 Å². The molecule has 1 heterocycles. The van der Waals surface area contributed by atoms with E-state index in [1.807, 2.05) is 13.0 Å². The maximum Gasteiger partial charge on any atom is 0.282 e. The van der Waals surface area contributed by atoms with E-state index in [0.29, 0.717) is 45.5 Å². The predicted octanol–water partition coefficient (Wildman–Crippen LogP) is 4.28. The average molecular weight is 587 g/mol. The van der Waals surface area contributed by atoms with Crippen LogP contribution in [0, 0.1) is 0 Å². The molecule has 168 valence electrons. The second-order valence-corrected chi connectivity index (χ2v) is 8.60. The Bertz CT molecular complexity index is 1280. The van der Waals surface area contributed by atoms with E-state index in [1.165, 1.54) is 10.9 Å². The molecular weight excluding hydrogens is 568 g/mol.